The number of nitrogens with zero attached hydrogens (tertiary/aromatic N) is 7. The third kappa shape index (κ3) is 6.35. The highest BCUT2D eigenvalue weighted by molar-refractivity contribution is 6.29. The number of halogens is 1. The summed E-state index contributed by atoms with van der Waals surface area (Å²) >= 11 is 6.21. The molecule has 1 aromatic carbocycles. The predicted molar refractivity (Wildman–Crippen MR) is 149 cm³/mol. The van der Waals surface area contributed by atoms with Crippen LogP contribution >= 0.6 is 11.6 Å². The number of hydrogen-bond donors (Lipinski definition) is 2. The fraction of sp³-hybridized carbons (Fsp3) is 0.250. The number of piperidine rings is 1. The molecule has 1 aliphatic rings. The fourth-order valence-corrected chi connectivity index (χ4v) is 4.74. The van der Waals surface area contributed by atoms with E-state index >= 15 is 0 Å². The lowest BCUT2D eigenvalue weighted by atomic mass is 10.0. The standard InChI is InChI=1S/C28H28ClN9/c29-24-4-1-5-27(35-24)38(19-21-3-2-13-33-28(21)31)23-8-6-20(7-9-23)18-37-15-11-22(12-16-37)34-25-10-14-32-26(17-30)36-25/h1-10,13-14,22H,11-12,15-16,18-19H2,(H2,31,33)(H,32,34,36). The Morgan fingerprint density at radius 2 is 1.82 bits per heavy atom. The molecule has 0 saturated carbocycles. The first kappa shape index (κ1) is 25.4. The molecule has 0 unspecified atom stereocenters. The summed E-state index contributed by atoms with van der Waals surface area (Å²) in [5.74, 6) is 2.13. The highest BCUT2D eigenvalue weighted by Crippen LogP contribution is 2.29. The SMILES string of the molecule is N#Cc1nccc(NC2CCN(Cc3ccc(N(Cc4cccnc4N)c4cccc(Cl)n4)cc3)CC2)n1. The number of anilines is 4. The van der Waals surface area contributed by atoms with E-state index in [9.17, 15) is 0 Å². The molecule has 10 heteroatoms. The Morgan fingerprint density at radius 3 is 2.55 bits per heavy atom. The van der Waals surface area contributed by atoms with Crippen molar-refractivity contribution in [3.8, 4) is 6.07 Å². The summed E-state index contributed by atoms with van der Waals surface area (Å²) in [5.41, 5.74) is 9.29. The van der Waals surface area contributed by atoms with Crippen molar-refractivity contribution in [3.63, 3.8) is 0 Å². The molecule has 38 heavy (non-hydrogen) atoms. The van der Waals surface area contributed by atoms with Crippen molar-refractivity contribution in [2.24, 2.45) is 0 Å². The number of nitrogens with two attached hydrogens (primary N) is 1. The lowest BCUT2D eigenvalue weighted by Crippen LogP contribution is -2.38. The first-order chi connectivity index (χ1) is 18.6. The first-order valence-electron chi connectivity index (χ1n) is 12.5. The minimum Gasteiger partial charge on any atom is -0.383 e. The number of nitrogen functional groups attached to an aromatic ring is 1. The van der Waals surface area contributed by atoms with Gasteiger partial charge in [-0.2, -0.15) is 5.26 Å². The number of hydrogen-bond acceptors (Lipinski definition) is 9. The van der Waals surface area contributed by atoms with Crippen LogP contribution in [-0.2, 0) is 13.1 Å². The number of aromatic nitrogens is 4. The topological polar surface area (TPSA) is 120 Å². The van der Waals surface area contributed by atoms with E-state index in [-0.39, 0.29) is 5.82 Å². The largest absolute Gasteiger partial charge is 0.383 e. The molecule has 9 nitrogen and oxygen atoms in total. The van der Waals surface area contributed by atoms with Gasteiger partial charge in [-0.1, -0.05) is 35.9 Å². The number of nitrogens with one attached hydrogen (secondary N) is 1. The van der Waals surface area contributed by atoms with Gasteiger partial charge in [-0.3, -0.25) is 4.90 Å². The Morgan fingerprint density at radius 1 is 1.00 bits per heavy atom. The van der Waals surface area contributed by atoms with Crippen LogP contribution in [0.5, 0.6) is 0 Å². The van der Waals surface area contributed by atoms with Crippen LogP contribution in [-0.4, -0.2) is 44.0 Å². The highest BCUT2D eigenvalue weighted by Gasteiger charge is 2.20. The van der Waals surface area contributed by atoms with Crippen molar-refractivity contribution in [1.29, 1.82) is 5.26 Å². The zero-order chi connectivity index (χ0) is 26.3. The van der Waals surface area contributed by atoms with Crippen molar-refractivity contribution in [2.75, 3.05) is 29.0 Å². The smallest absolute Gasteiger partial charge is 0.234 e. The van der Waals surface area contributed by atoms with Crippen LogP contribution in [0.25, 0.3) is 0 Å². The zero-order valence-electron chi connectivity index (χ0n) is 20.8. The maximum Gasteiger partial charge on any atom is 0.234 e. The number of benzene rings is 1. The van der Waals surface area contributed by atoms with E-state index < -0.39 is 0 Å². The van der Waals surface area contributed by atoms with Crippen LogP contribution in [0.3, 0.4) is 0 Å². The van der Waals surface area contributed by atoms with Gasteiger partial charge in [0, 0.05) is 49.3 Å². The predicted octanol–water partition coefficient (Wildman–Crippen LogP) is 4.79. The Balaban J connectivity index is 1.23. The molecule has 1 saturated heterocycles. The van der Waals surface area contributed by atoms with Gasteiger partial charge in [-0.15, -0.1) is 0 Å². The molecule has 0 bridgehead atoms. The molecule has 0 aliphatic carbocycles. The first-order valence-corrected chi connectivity index (χ1v) is 12.9. The van der Waals surface area contributed by atoms with Gasteiger partial charge in [0.2, 0.25) is 5.82 Å². The van der Waals surface area contributed by atoms with Gasteiger partial charge in [0.05, 0.1) is 6.54 Å². The molecular formula is C28H28ClN9. The summed E-state index contributed by atoms with van der Waals surface area (Å²) in [6.45, 7) is 3.36. The molecular weight excluding hydrogens is 498 g/mol. The summed E-state index contributed by atoms with van der Waals surface area (Å²) in [5, 5.41) is 12.9. The second-order valence-corrected chi connectivity index (χ2v) is 9.58. The minimum absolute atomic E-state index is 0.185. The minimum atomic E-state index is 0.185. The molecule has 4 aromatic rings. The van der Waals surface area contributed by atoms with Gasteiger partial charge in [0.25, 0.3) is 0 Å². The summed E-state index contributed by atoms with van der Waals surface area (Å²) in [7, 11) is 0. The van der Waals surface area contributed by atoms with Gasteiger partial charge in [0.15, 0.2) is 0 Å². The maximum absolute atomic E-state index is 9.01. The zero-order valence-corrected chi connectivity index (χ0v) is 21.6. The van der Waals surface area contributed by atoms with Crippen LogP contribution in [0.2, 0.25) is 5.15 Å². The molecule has 0 atom stereocenters. The van der Waals surface area contributed by atoms with E-state index in [2.05, 4.69) is 59.3 Å². The normalized spacial score (nSPS) is 14.1. The van der Waals surface area contributed by atoms with E-state index in [4.69, 9.17) is 22.6 Å². The van der Waals surface area contributed by atoms with E-state index in [1.54, 1.807) is 24.5 Å². The number of pyridine rings is 2. The summed E-state index contributed by atoms with van der Waals surface area (Å²) in [6.07, 6.45) is 5.31. The van der Waals surface area contributed by atoms with Crippen molar-refractivity contribution >= 4 is 34.7 Å². The van der Waals surface area contributed by atoms with Crippen molar-refractivity contribution in [2.45, 2.75) is 32.0 Å². The van der Waals surface area contributed by atoms with Crippen LogP contribution in [0, 0.1) is 11.3 Å². The molecule has 1 fully saturated rings. The van der Waals surface area contributed by atoms with Crippen molar-refractivity contribution < 1.29 is 0 Å². The van der Waals surface area contributed by atoms with E-state index in [1.807, 2.05) is 30.3 Å². The molecule has 0 spiro atoms. The number of nitriles is 1. The molecule has 4 heterocycles. The third-order valence-corrected chi connectivity index (χ3v) is 6.79. The van der Waals surface area contributed by atoms with Crippen molar-refractivity contribution in [3.05, 3.63) is 95.2 Å². The molecule has 0 amide bonds. The van der Waals surface area contributed by atoms with E-state index in [0.717, 1.165) is 49.5 Å². The quantitative estimate of drug-likeness (QED) is 0.313. The van der Waals surface area contributed by atoms with Gasteiger partial charge in [-0.05, 0) is 54.8 Å². The van der Waals surface area contributed by atoms with Gasteiger partial charge in [-0.25, -0.2) is 19.9 Å². The van der Waals surface area contributed by atoms with Gasteiger partial charge < -0.3 is 16.0 Å². The van der Waals surface area contributed by atoms with E-state index in [0.29, 0.717) is 29.4 Å². The molecule has 0 radical (unpaired) electrons. The van der Waals surface area contributed by atoms with Crippen LogP contribution < -0.4 is 16.0 Å². The number of rotatable bonds is 8. The Kier molecular flexibility index (Phi) is 7.92. The second kappa shape index (κ2) is 11.9. The lowest BCUT2D eigenvalue weighted by Gasteiger charge is -2.32. The molecule has 3 aromatic heterocycles. The van der Waals surface area contributed by atoms with Crippen LogP contribution in [0.1, 0.15) is 29.8 Å². The van der Waals surface area contributed by atoms with E-state index in [1.165, 1.54) is 5.56 Å². The summed E-state index contributed by atoms with van der Waals surface area (Å²) < 4.78 is 0. The lowest BCUT2D eigenvalue weighted by molar-refractivity contribution is 0.211. The fourth-order valence-electron chi connectivity index (χ4n) is 4.58. The Bertz CT molecular complexity index is 1410. The van der Waals surface area contributed by atoms with Gasteiger partial charge in [0.1, 0.15) is 28.7 Å². The molecule has 1 aliphatic heterocycles. The number of likely N-dealkylation sites (tertiary alicyclic amines) is 1. The Hall–Kier alpha value is -4.26. The van der Waals surface area contributed by atoms with Crippen molar-refractivity contribution in [1.82, 2.24) is 24.8 Å². The Labute approximate surface area is 227 Å². The summed E-state index contributed by atoms with van der Waals surface area (Å²) in [4.78, 5) is 21.5. The monoisotopic (exact) mass is 525 g/mol. The second-order valence-electron chi connectivity index (χ2n) is 9.19. The summed E-state index contributed by atoms with van der Waals surface area (Å²) in [6, 6.07) is 22.1. The average Bonchev–Trinajstić information content (AvgIpc) is 2.94. The van der Waals surface area contributed by atoms with Crippen LogP contribution in [0.15, 0.2) is 73.1 Å². The molecule has 5 rings (SSSR count). The highest BCUT2D eigenvalue weighted by atomic mass is 35.5. The molecule has 3 N–H and O–H groups in total. The van der Waals surface area contributed by atoms with Crippen LogP contribution in [0.4, 0.5) is 23.1 Å². The van der Waals surface area contributed by atoms with Gasteiger partial charge >= 0.3 is 0 Å². The maximum atomic E-state index is 9.01. The molecule has 192 valence electrons. The third-order valence-electron chi connectivity index (χ3n) is 6.58. The average molecular weight is 526 g/mol.